The third-order valence-electron chi connectivity index (χ3n) is 2.00. The van der Waals surface area contributed by atoms with E-state index >= 15 is 0 Å². The van der Waals surface area contributed by atoms with E-state index in [1.54, 1.807) is 0 Å². The number of hydrogen-bond donors (Lipinski definition) is 1. The summed E-state index contributed by atoms with van der Waals surface area (Å²) in [6.45, 7) is 0. The lowest BCUT2D eigenvalue weighted by Gasteiger charge is -2.08. The van der Waals surface area contributed by atoms with Crippen molar-refractivity contribution in [2.24, 2.45) is 0 Å². The highest BCUT2D eigenvalue weighted by molar-refractivity contribution is 9.10. The van der Waals surface area contributed by atoms with Crippen molar-refractivity contribution in [2.45, 2.75) is 0 Å². The van der Waals surface area contributed by atoms with Gasteiger partial charge in [-0.1, -0.05) is 0 Å². The molecule has 4 nitrogen and oxygen atoms in total. The molecule has 2 rings (SSSR count). The minimum Gasteiger partial charge on any atom is -0.261 e. The Morgan fingerprint density at radius 1 is 1.50 bits per heavy atom. The summed E-state index contributed by atoms with van der Waals surface area (Å²) in [6, 6.07) is 2.99. The van der Waals surface area contributed by atoms with Crippen molar-refractivity contribution in [3.05, 3.63) is 22.4 Å². The Hall–Kier alpha value is -0.820. The molecule has 0 aliphatic carbocycles. The largest absolute Gasteiger partial charge is 0.323 e. The average molecular weight is 281 g/mol. The summed E-state index contributed by atoms with van der Waals surface area (Å²) in [4.78, 5) is 0. The Bertz CT molecular complexity index is 503. The Labute approximate surface area is 89.0 Å². The molecule has 1 heterocycles. The third-order valence-corrected chi connectivity index (χ3v) is 4.00. The molecule has 76 valence electrons. The highest BCUT2D eigenvalue weighted by atomic mass is 79.9. The molecule has 0 saturated heterocycles. The Balaban J connectivity index is 2.71. The lowest BCUT2D eigenvalue weighted by molar-refractivity contribution is 0.600. The molecule has 0 unspecified atom stereocenters. The standard InChI is InChI=1S/C7H6BrFN2O2S/c1-11-5-3-2-4(8)6(9)7(5)10-14(11,12)13/h2-3,10H,1H3. The van der Waals surface area contributed by atoms with Gasteiger partial charge in [0, 0.05) is 7.05 Å². The maximum absolute atomic E-state index is 13.4. The predicted molar refractivity (Wildman–Crippen MR) is 55.0 cm³/mol. The topological polar surface area (TPSA) is 49.4 Å². The van der Waals surface area contributed by atoms with Crippen LogP contribution in [0.3, 0.4) is 0 Å². The van der Waals surface area contributed by atoms with E-state index in [0.29, 0.717) is 5.69 Å². The Morgan fingerprint density at radius 2 is 2.14 bits per heavy atom. The molecule has 0 radical (unpaired) electrons. The van der Waals surface area contributed by atoms with E-state index in [-0.39, 0.29) is 10.2 Å². The van der Waals surface area contributed by atoms with Crippen molar-refractivity contribution >= 4 is 37.5 Å². The second kappa shape index (κ2) is 2.83. The number of anilines is 2. The number of hydrogen-bond acceptors (Lipinski definition) is 2. The molecule has 1 aliphatic rings. The predicted octanol–water partition coefficient (Wildman–Crippen LogP) is 1.69. The first kappa shape index (κ1) is 9.72. The van der Waals surface area contributed by atoms with Gasteiger partial charge >= 0.3 is 10.2 Å². The van der Waals surface area contributed by atoms with Gasteiger partial charge in [0.25, 0.3) is 0 Å². The first-order chi connectivity index (χ1) is 6.43. The summed E-state index contributed by atoms with van der Waals surface area (Å²) in [7, 11) is -2.24. The number of halogens is 2. The number of nitrogens with one attached hydrogen (secondary N) is 1. The summed E-state index contributed by atoms with van der Waals surface area (Å²) < 4.78 is 39.4. The number of benzene rings is 1. The molecule has 0 bridgehead atoms. The zero-order valence-corrected chi connectivity index (χ0v) is 9.49. The van der Waals surface area contributed by atoms with E-state index < -0.39 is 16.0 Å². The van der Waals surface area contributed by atoms with Crippen molar-refractivity contribution in [1.82, 2.24) is 0 Å². The number of nitrogens with zero attached hydrogens (tertiary/aromatic N) is 1. The molecule has 0 aromatic heterocycles. The molecule has 1 aliphatic heterocycles. The van der Waals surface area contributed by atoms with Crippen LogP contribution in [0.25, 0.3) is 0 Å². The van der Waals surface area contributed by atoms with Gasteiger partial charge in [-0.05, 0) is 28.1 Å². The zero-order valence-electron chi connectivity index (χ0n) is 7.08. The minimum absolute atomic E-state index is 0.0122. The maximum Gasteiger partial charge on any atom is 0.323 e. The summed E-state index contributed by atoms with van der Waals surface area (Å²) in [5.41, 5.74) is 0.299. The molecule has 7 heteroatoms. The third kappa shape index (κ3) is 1.19. The zero-order chi connectivity index (χ0) is 10.5. The molecule has 0 atom stereocenters. The van der Waals surface area contributed by atoms with E-state index in [1.807, 2.05) is 0 Å². The van der Waals surface area contributed by atoms with E-state index in [0.717, 1.165) is 4.31 Å². The number of rotatable bonds is 0. The summed E-state index contributed by atoms with van der Waals surface area (Å²) in [5, 5.41) is 0. The molecule has 0 fully saturated rings. The second-order valence-corrected chi connectivity index (χ2v) is 5.39. The molecule has 1 aromatic rings. The van der Waals surface area contributed by atoms with Gasteiger partial charge in [-0.15, -0.1) is 0 Å². The first-order valence-electron chi connectivity index (χ1n) is 3.68. The van der Waals surface area contributed by atoms with Gasteiger partial charge < -0.3 is 0 Å². The van der Waals surface area contributed by atoms with Gasteiger partial charge in [-0.2, -0.15) is 8.42 Å². The fourth-order valence-corrected chi connectivity index (χ4v) is 2.56. The first-order valence-corrected chi connectivity index (χ1v) is 5.91. The monoisotopic (exact) mass is 280 g/mol. The lowest BCUT2D eigenvalue weighted by Crippen LogP contribution is -2.25. The molecule has 0 saturated carbocycles. The molecule has 1 aromatic carbocycles. The van der Waals surface area contributed by atoms with Crippen LogP contribution in [-0.4, -0.2) is 15.5 Å². The molecule has 0 amide bonds. The van der Waals surface area contributed by atoms with Crippen LogP contribution < -0.4 is 9.03 Å². The van der Waals surface area contributed by atoms with Gasteiger partial charge in [0.05, 0.1) is 10.2 Å². The maximum atomic E-state index is 13.4. The van der Waals surface area contributed by atoms with Gasteiger partial charge in [0.2, 0.25) is 0 Å². The number of fused-ring (bicyclic) bond motifs is 1. The van der Waals surface area contributed by atoms with Crippen LogP contribution in [0, 0.1) is 5.82 Å². The van der Waals surface area contributed by atoms with Gasteiger partial charge in [-0.3, -0.25) is 9.03 Å². The van der Waals surface area contributed by atoms with Crippen molar-refractivity contribution in [1.29, 1.82) is 0 Å². The molecule has 0 spiro atoms. The van der Waals surface area contributed by atoms with E-state index in [1.165, 1.54) is 19.2 Å². The summed E-state index contributed by atoms with van der Waals surface area (Å²) >= 11 is 2.98. The summed E-state index contributed by atoms with van der Waals surface area (Å²) in [5.74, 6) is -0.601. The van der Waals surface area contributed by atoms with E-state index in [4.69, 9.17) is 0 Å². The molecular formula is C7H6BrFN2O2S. The van der Waals surface area contributed by atoms with Crippen molar-refractivity contribution in [3.8, 4) is 0 Å². The van der Waals surface area contributed by atoms with Crippen LogP contribution in [-0.2, 0) is 10.2 Å². The van der Waals surface area contributed by atoms with Gasteiger partial charge in [0.1, 0.15) is 5.69 Å². The highest BCUT2D eigenvalue weighted by Gasteiger charge is 2.32. The smallest absolute Gasteiger partial charge is 0.261 e. The minimum atomic E-state index is -3.60. The van der Waals surface area contributed by atoms with Crippen LogP contribution in [0.1, 0.15) is 0 Å². The highest BCUT2D eigenvalue weighted by Crippen LogP contribution is 2.39. The molecular weight excluding hydrogens is 275 g/mol. The fraction of sp³-hybridized carbons (Fsp3) is 0.143. The normalized spacial score (nSPS) is 17.8. The SMILES string of the molecule is CN1c2ccc(Br)c(F)c2NS1(=O)=O. The van der Waals surface area contributed by atoms with Crippen molar-refractivity contribution < 1.29 is 12.8 Å². The van der Waals surface area contributed by atoms with Crippen LogP contribution in [0.2, 0.25) is 0 Å². The summed E-state index contributed by atoms with van der Waals surface area (Å²) in [6.07, 6.45) is 0. The van der Waals surface area contributed by atoms with E-state index in [9.17, 15) is 12.8 Å². The van der Waals surface area contributed by atoms with Crippen LogP contribution in [0.15, 0.2) is 16.6 Å². The van der Waals surface area contributed by atoms with Crippen molar-refractivity contribution in [2.75, 3.05) is 16.1 Å². The van der Waals surface area contributed by atoms with Crippen LogP contribution >= 0.6 is 15.9 Å². The van der Waals surface area contributed by atoms with Crippen LogP contribution in [0.4, 0.5) is 15.8 Å². The quantitative estimate of drug-likeness (QED) is 0.786. The van der Waals surface area contributed by atoms with Crippen LogP contribution in [0.5, 0.6) is 0 Å². The average Bonchev–Trinajstić information content (AvgIpc) is 2.33. The fourth-order valence-electron chi connectivity index (χ4n) is 1.23. The second-order valence-electron chi connectivity index (χ2n) is 2.83. The molecule has 14 heavy (non-hydrogen) atoms. The Kier molecular flexibility index (Phi) is 1.97. The van der Waals surface area contributed by atoms with E-state index in [2.05, 4.69) is 20.7 Å². The lowest BCUT2D eigenvalue weighted by atomic mass is 10.2. The molecule has 1 N–H and O–H groups in total. The van der Waals surface area contributed by atoms with Crippen molar-refractivity contribution in [3.63, 3.8) is 0 Å². The van der Waals surface area contributed by atoms with Gasteiger partial charge in [0.15, 0.2) is 5.82 Å². The Morgan fingerprint density at radius 3 is 2.79 bits per heavy atom. The van der Waals surface area contributed by atoms with Gasteiger partial charge in [-0.25, -0.2) is 4.39 Å².